The third-order valence-corrected chi connectivity index (χ3v) is 4.41. The zero-order chi connectivity index (χ0) is 16.4. The maximum absolute atomic E-state index is 4.45. The van der Waals surface area contributed by atoms with Gasteiger partial charge in [-0.15, -0.1) is 24.0 Å². The van der Waals surface area contributed by atoms with Gasteiger partial charge in [-0.05, 0) is 23.3 Å². The Labute approximate surface area is 164 Å². The van der Waals surface area contributed by atoms with Crippen molar-refractivity contribution in [2.24, 2.45) is 4.99 Å². The average Bonchev–Trinajstić information content (AvgIpc) is 3.21. The predicted molar refractivity (Wildman–Crippen MR) is 112 cm³/mol. The maximum atomic E-state index is 4.45. The molecule has 0 unspecified atom stereocenters. The van der Waals surface area contributed by atoms with Crippen molar-refractivity contribution in [1.82, 2.24) is 19.8 Å². The summed E-state index contributed by atoms with van der Waals surface area (Å²) >= 11 is 0. The van der Waals surface area contributed by atoms with Crippen LogP contribution in [0.2, 0.25) is 0 Å². The fourth-order valence-corrected chi connectivity index (χ4v) is 3.00. The smallest absolute Gasteiger partial charge is 0.194 e. The van der Waals surface area contributed by atoms with E-state index in [0.717, 1.165) is 37.7 Å². The molecule has 0 bridgehead atoms. The van der Waals surface area contributed by atoms with E-state index in [4.69, 9.17) is 0 Å². The first-order valence-electron chi connectivity index (χ1n) is 8.27. The number of hydrogen-bond acceptors (Lipinski definition) is 4. The van der Waals surface area contributed by atoms with Crippen LogP contribution < -0.4 is 5.32 Å². The summed E-state index contributed by atoms with van der Waals surface area (Å²) in [7, 11) is 2.07. The van der Waals surface area contributed by atoms with E-state index < -0.39 is 0 Å². The zero-order valence-electron chi connectivity index (χ0n) is 14.2. The summed E-state index contributed by atoms with van der Waals surface area (Å²) in [5, 5.41) is 3.40. The second kappa shape index (κ2) is 7.86. The molecule has 2 heterocycles. The van der Waals surface area contributed by atoms with E-state index in [1.54, 1.807) is 0 Å². The minimum Gasteiger partial charge on any atom is -0.352 e. The van der Waals surface area contributed by atoms with Gasteiger partial charge in [-0.2, -0.15) is 0 Å². The number of nitrogens with one attached hydrogen (secondary N) is 1. The lowest BCUT2D eigenvalue weighted by Crippen LogP contribution is -2.35. The molecule has 130 valence electrons. The Balaban J connectivity index is 0.00000182. The van der Waals surface area contributed by atoms with Crippen LogP contribution in [0.1, 0.15) is 11.1 Å². The number of guanidine groups is 1. The SMILES string of the molecule is CN1CCN=C1NCc1ccc(Cn2cnc3ccccc32)cc1.I. The molecule has 0 saturated heterocycles. The average molecular weight is 447 g/mol. The van der Waals surface area contributed by atoms with Crippen LogP contribution in [0.5, 0.6) is 0 Å². The summed E-state index contributed by atoms with van der Waals surface area (Å²) in [4.78, 5) is 11.0. The first kappa shape index (κ1) is 17.7. The number of fused-ring (bicyclic) bond motifs is 1. The van der Waals surface area contributed by atoms with Crippen molar-refractivity contribution < 1.29 is 0 Å². The molecule has 3 aromatic rings. The van der Waals surface area contributed by atoms with Crippen molar-refractivity contribution in [2.45, 2.75) is 13.1 Å². The van der Waals surface area contributed by atoms with Gasteiger partial charge in [-0.1, -0.05) is 36.4 Å². The van der Waals surface area contributed by atoms with Crippen molar-refractivity contribution >= 4 is 41.0 Å². The molecule has 0 saturated carbocycles. The minimum absolute atomic E-state index is 0. The molecule has 0 atom stereocenters. The number of para-hydroxylation sites is 2. The Morgan fingerprint density at radius 1 is 1.04 bits per heavy atom. The van der Waals surface area contributed by atoms with Crippen LogP contribution in [0.3, 0.4) is 0 Å². The molecule has 2 aromatic carbocycles. The molecule has 4 rings (SSSR count). The zero-order valence-corrected chi connectivity index (χ0v) is 16.6. The molecule has 0 amide bonds. The second-order valence-electron chi connectivity index (χ2n) is 6.16. The summed E-state index contributed by atoms with van der Waals surface area (Å²) in [5.74, 6) is 0.990. The Kier molecular flexibility index (Phi) is 5.57. The highest BCUT2D eigenvalue weighted by molar-refractivity contribution is 14.0. The van der Waals surface area contributed by atoms with Crippen LogP contribution in [0, 0.1) is 0 Å². The molecule has 0 aliphatic carbocycles. The highest BCUT2D eigenvalue weighted by Gasteiger charge is 2.11. The number of imidazole rings is 1. The summed E-state index contributed by atoms with van der Waals surface area (Å²) in [6.45, 7) is 3.53. The monoisotopic (exact) mass is 447 g/mol. The maximum Gasteiger partial charge on any atom is 0.194 e. The van der Waals surface area contributed by atoms with Gasteiger partial charge < -0.3 is 14.8 Å². The molecule has 0 fully saturated rings. The molecule has 0 spiro atoms. The lowest BCUT2D eigenvalue weighted by atomic mass is 10.1. The number of rotatable bonds is 4. The first-order valence-corrected chi connectivity index (χ1v) is 8.27. The standard InChI is InChI=1S/C19H21N5.HI/c1-23-11-10-20-19(23)21-12-15-6-8-16(9-7-15)13-24-14-22-17-4-2-3-5-18(17)24;/h2-9,14H,10-13H2,1H3,(H,20,21);1H. The number of halogens is 1. The Hall–Kier alpha value is -2.09. The number of likely N-dealkylation sites (N-methyl/N-ethyl adjacent to an activating group) is 1. The molecule has 1 aliphatic heterocycles. The van der Waals surface area contributed by atoms with Gasteiger partial charge in [0.05, 0.1) is 23.9 Å². The van der Waals surface area contributed by atoms with Crippen LogP contribution >= 0.6 is 24.0 Å². The molecule has 1 aliphatic rings. The van der Waals surface area contributed by atoms with E-state index >= 15 is 0 Å². The quantitative estimate of drug-likeness (QED) is 0.626. The van der Waals surface area contributed by atoms with Gasteiger partial charge in [0.15, 0.2) is 5.96 Å². The molecule has 5 nitrogen and oxygen atoms in total. The van der Waals surface area contributed by atoms with Crippen LogP contribution in [-0.2, 0) is 13.1 Å². The van der Waals surface area contributed by atoms with E-state index in [1.165, 1.54) is 16.6 Å². The van der Waals surface area contributed by atoms with E-state index in [-0.39, 0.29) is 24.0 Å². The lowest BCUT2D eigenvalue weighted by molar-refractivity contribution is 0.534. The molecular formula is C19H22IN5. The summed E-state index contributed by atoms with van der Waals surface area (Å²) in [6, 6.07) is 17.0. The molecule has 25 heavy (non-hydrogen) atoms. The number of aliphatic imine (C=N–C) groups is 1. The Bertz CT molecular complexity index is 869. The second-order valence-corrected chi connectivity index (χ2v) is 6.16. The summed E-state index contributed by atoms with van der Waals surface area (Å²) < 4.78 is 2.19. The largest absolute Gasteiger partial charge is 0.352 e. The topological polar surface area (TPSA) is 45.5 Å². The number of aromatic nitrogens is 2. The van der Waals surface area contributed by atoms with Crippen molar-refractivity contribution in [3.63, 3.8) is 0 Å². The highest BCUT2D eigenvalue weighted by atomic mass is 127. The van der Waals surface area contributed by atoms with Crippen molar-refractivity contribution in [1.29, 1.82) is 0 Å². The van der Waals surface area contributed by atoms with Gasteiger partial charge in [0.2, 0.25) is 0 Å². The van der Waals surface area contributed by atoms with Crippen LogP contribution in [-0.4, -0.2) is 40.5 Å². The molecular weight excluding hydrogens is 425 g/mol. The van der Waals surface area contributed by atoms with E-state index in [0.29, 0.717) is 0 Å². The number of benzene rings is 2. The van der Waals surface area contributed by atoms with Crippen molar-refractivity contribution in [2.75, 3.05) is 20.1 Å². The Morgan fingerprint density at radius 2 is 1.80 bits per heavy atom. The summed E-state index contributed by atoms with van der Waals surface area (Å²) in [6.07, 6.45) is 1.91. The molecule has 1 N–H and O–H groups in total. The lowest BCUT2D eigenvalue weighted by Gasteiger charge is -2.15. The Morgan fingerprint density at radius 3 is 2.56 bits per heavy atom. The van der Waals surface area contributed by atoms with Crippen LogP contribution in [0.4, 0.5) is 0 Å². The normalized spacial score (nSPS) is 13.6. The van der Waals surface area contributed by atoms with Gasteiger partial charge in [-0.25, -0.2) is 4.98 Å². The van der Waals surface area contributed by atoms with E-state index in [9.17, 15) is 0 Å². The van der Waals surface area contributed by atoms with E-state index in [2.05, 4.69) is 68.2 Å². The third kappa shape index (κ3) is 3.95. The number of hydrogen-bond donors (Lipinski definition) is 1. The van der Waals surface area contributed by atoms with Gasteiger partial charge in [0.25, 0.3) is 0 Å². The highest BCUT2D eigenvalue weighted by Crippen LogP contribution is 2.14. The number of nitrogens with zero attached hydrogens (tertiary/aromatic N) is 4. The van der Waals surface area contributed by atoms with Gasteiger partial charge >= 0.3 is 0 Å². The van der Waals surface area contributed by atoms with Crippen LogP contribution in [0.15, 0.2) is 59.9 Å². The minimum atomic E-state index is 0. The van der Waals surface area contributed by atoms with Crippen molar-refractivity contribution in [3.05, 3.63) is 66.0 Å². The fraction of sp³-hybridized carbons (Fsp3) is 0.263. The molecule has 1 aromatic heterocycles. The fourth-order valence-electron chi connectivity index (χ4n) is 3.00. The van der Waals surface area contributed by atoms with Gasteiger partial charge in [0.1, 0.15) is 0 Å². The third-order valence-electron chi connectivity index (χ3n) is 4.41. The predicted octanol–water partition coefficient (Wildman–Crippen LogP) is 3.09. The first-order chi connectivity index (χ1) is 11.8. The summed E-state index contributed by atoms with van der Waals surface area (Å²) in [5.41, 5.74) is 4.75. The van der Waals surface area contributed by atoms with Gasteiger partial charge in [0, 0.05) is 26.7 Å². The van der Waals surface area contributed by atoms with Gasteiger partial charge in [-0.3, -0.25) is 4.99 Å². The van der Waals surface area contributed by atoms with Crippen LogP contribution in [0.25, 0.3) is 11.0 Å². The molecule has 0 radical (unpaired) electrons. The van der Waals surface area contributed by atoms with Crippen molar-refractivity contribution in [3.8, 4) is 0 Å². The molecule has 6 heteroatoms. The van der Waals surface area contributed by atoms with E-state index in [1.807, 2.05) is 18.5 Å².